The van der Waals surface area contributed by atoms with E-state index in [0.717, 1.165) is 0 Å². The van der Waals surface area contributed by atoms with Crippen molar-refractivity contribution in [3.8, 4) is 0 Å². The number of hydrogen-bond acceptors (Lipinski definition) is 6. The normalized spacial score (nSPS) is 21.9. The second kappa shape index (κ2) is 6.31. The van der Waals surface area contributed by atoms with Gasteiger partial charge in [-0.05, 0) is 12.1 Å². The molecule has 0 N–H and O–H groups in total. The van der Waals surface area contributed by atoms with Crippen LogP contribution in [0.3, 0.4) is 0 Å². The highest BCUT2D eigenvalue weighted by Crippen LogP contribution is 2.14. The van der Waals surface area contributed by atoms with Gasteiger partial charge in [-0.2, -0.15) is 0 Å². The van der Waals surface area contributed by atoms with E-state index in [2.05, 4.69) is 0 Å². The molecule has 1 aliphatic heterocycles. The molecule has 1 aliphatic rings. The third-order valence-corrected chi connectivity index (χ3v) is 2.38. The van der Waals surface area contributed by atoms with Gasteiger partial charge in [-0.3, -0.25) is 4.79 Å². The Kier molecular flexibility index (Phi) is 4.48. The number of esters is 2. The summed E-state index contributed by atoms with van der Waals surface area (Å²) in [6.45, 7) is 1.37. The van der Waals surface area contributed by atoms with Crippen LogP contribution in [0.15, 0.2) is 30.3 Å². The van der Waals surface area contributed by atoms with E-state index in [9.17, 15) is 9.59 Å². The highest BCUT2D eigenvalue weighted by atomic mass is 16.8. The van der Waals surface area contributed by atoms with Crippen LogP contribution in [0.1, 0.15) is 17.3 Å². The lowest BCUT2D eigenvalue weighted by atomic mass is 10.2. The van der Waals surface area contributed by atoms with Gasteiger partial charge in [-0.1, -0.05) is 18.2 Å². The van der Waals surface area contributed by atoms with Gasteiger partial charge in [-0.25, -0.2) is 4.79 Å². The molecule has 0 spiro atoms. The molecule has 1 aromatic rings. The minimum atomic E-state index is -0.738. The van der Waals surface area contributed by atoms with Crippen molar-refractivity contribution in [1.29, 1.82) is 0 Å². The van der Waals surface area contributed by atoms with Gasteiger partial charge in [0.2, 0.25) is 6.29 Å². The molecule has 0 amide bonds. The van der Waals surface area contributed by atoms with E-state index in [1.165, 1.54) is 6.92 Å². The maximum absolute atomic E-state index is 11.6. The molecule has 19 heavy (non-hydrogen) atoms. The smallest absolute Gasteiger partial charge is 0.338 e. The Morgan fingerprint density at radius 3 is 2.74 bits per heavy atom. The van der Waals surface area contributed by atoms with E-state index < -0.39 is 24.5 Å². The maximum atomic E-state index is 11.6. The molecule has 102 valence electrons. The first kappa shape index (κ1) is 13.5. The molecular weight excluding hydrogens is 252 g/mol. The van der Waals surface area contributed by atoms with Gasteiger partial charge in [0, 0.05) is 6.92 Å². The summed E-state index contributed by atoms with van der Waals surface area (Å²) in [7, 11) is 0. The number of carbonyl (C=O) groups is 2. The molecule has 0 radical (unpaired) electrons. The lowest BCUT2D eigenvalue weighted by molar-refractivity contribution is -0.177. The van der Waals surface area contributed by atoms with Gasteiger partial charge >= 0.3 is 11.9 Å². The molecule has 2 atom stereocenters. The molecule has 6 heteroatoms. The number of carbonyl (C=O) groups excluding carboxylic acids is 2. The minimum absolute atomic E-state index is 0.0501. The highest BCUT2D eigenvalue weighted by molar-refractivity contribution is 5.89. The zero-order chi connectivity index (χ0) is 13.7. The zero-order valence-electron chi connectivity index (χ0n) is 10.4. The van der Waals surface area contributed by atoms with Gasteiger partial charge in [-0.15, -0.1) is 0 Å². The molecule has 0 aliphatic carbocycles. The van der Waals surface area contributed by atoms with Gasteiger partial charge in [0.15, 0.2) is 6.29 Å². The molecule has 0 bridgehead atoms. The van der Waals surface area contributed by atoms with Crippen molar-refractivity contribution in [3.63, 3.8) is 0 Å². The molecule has 0 aromatic heterocycles. The first-order valence-electron chi connectivity index (χ1n) is 5.81. The molecule has 6 nitrogen and oxygen atoms in total. The third-order valence-electron chi connectivity index (χ3n) is 2.38. The van der Waals surface area contributed by atoms with Gasteiger partial charge in [0.1, 0.15) is 13.2 Å². The van der Waals surface area contributed by atoms with E-state index in [0.29, 0.717) is 5.56 Å². The summed E-state index contributed by atoms with van der Waals surface area (Å²) in [4.78, 5) is 22.4. The van der Waals surface area contributed by atoms with E-state index in [1.54, 1.807) is 24.3 Å². The Hall–Kier alpha value is -1.92. The molecule has 2 rings (SSSR count). The number of benzene rings is 1. The van der Waals surface area contributed by atoms with Crippen LogP contribution in [-0.4, -0.2) is 37.7 Å². The Labute approximate surface area is 110 Å². The maximum Gasteiger partial charge on any atom is 0.338 e. The predicted molar refractivity (Wildman–Crippen MR) is 63.1 cm³/mol. The molecular formula is C13H14O6. The van der Waals surface area contributed by atoms with E-state index >= 15 is 0 Å². The van der Waals surface area contributed by atoms with Gasteiger partial charge in [0.05, 0.1) is 5.56 Å². The fraction of sp³-hybridized carbons (Fsp3) is 0.385. The Balaban J connectivity index is 1.75. The van der Waals surface area contributed by atoms with E-state index in [-0.39, 0.29) is 13.2 Å². The van der Waals surface area contributed by atoms with Crippen molar-refractivity contribution in [1.82, 2.24) is 0 Å². The average Bonchev–Trinajstić information content (AvgIpc) is 2.84. The largest absolute Gasteiger partial charge is 0.457 e. The number of hydrogen-bond donors (Lipinski definition) is 0. The topological polar surface area (TPSA) is 71.1 Å². The van der Waals surface area contributed by atoms with Crippen molar-refractivity contribution >= 4 is 11.9 Å². The monoisotopic (exact) mass is 266 g/mol. The molecule has 1 saturated heterocycles. The first-order valence-corrected chi connectivity index (χ1v) is 5.81. The summed E-state index contributed by atoms with van der Waals surface area (Å²) in [5, 5.41) is 0. The van der Waals surface area contributed by atoms with Gasteiger partial charge in [0.25, 0.3) is 0 Å². The summed E-state index contributed by atoms with van der Waals surface area (Å²) < 4.78 is 20.2. The highest BCUT2D eigenvalue weighted by Gasteiger charge is 2.29. The lowest BCUT2D eigenvalue weighted by Gasteiger charge is -2.11. The van der Waals surface area contributed by atoms with Crippen LogP contribution in [0.5, 0.6) is 0 Å². The molecule has 1 fully saturated rings. The summed E-state index contributed by atoms with van der Waals surface area (Å²) in [5.74, 6) is -0.903. The second-order valence-corrected chi connectivity index (χ2v) is 3.90. The predicted octanol–water partition coefficient (Wildman–Crippen LogP) is 1.11. The standard InChI is InChI=1S/C13H14O6/c1-9(14)18-12-8-16-11(19-12)7-17-13(15)10-5-3-2-4-6-10/h2-6,11-12H,7-8H2,1H3/t11-,12+/m0/s1. The summed E-state index contributed by atoms with van der Waals surface area (Å²) >= 11 is 0. The summed E-state index contributed by atoms with van der Waals surface area (Å²) in [5.41, 5.74) is 0.456. The van der Waals surface area contributed by atoms with E-state index in [4.69, 9.17) is 18.9 Å². The Morgan fingerprint density at radius 1 is 1.32 bits per heavy atom. The fourth-order valence-corrected chi connectivity index (χ4v) is 1.57. The average molecular weight is 266 g/mol. The molecule has 1 aromatic carbocycles. The molecule has 0 unspecified atom stereocenters. The van der Waals surface area contributed by atoms with Crippen molar-refractivity contribution < 1.29 is 28.5 Å². The molecule has 1 heterocycles. The van der Waals surface area contributed by atoms with Crippen molar-refractivity contribution in [2.45, 2.75) is 19.5 Å². The van der Waals surface area contributed by atoms with Crippen molar-refractivity contribution in [3.05, 3.63) is 35.9 Å². The minimum Gasteiger partial charge on any atom is -0.457 e. The SMILES string of the molecule is CC(=O)O[C@H]1CO[C@H](COC(=O)c2ccccc2)O1. The third kappa shape index (κ3) is 4.04. The second-order valence-electron chi connectivity index (χ2n) is 3.90. The van der Waals surface area contributed by atoms with Crippen molar-refractivity contribution in [2.75, 3.05) is 13.2 Å². The zero-order valence-corrected chi connectivity index (χ0v) is 10.4. The van der Waals surface area contributed by atoms with Crippen molar-refractivity contribution in [2.24, 2.45) is 0 Å². The Morgan fingerprint density at radius 2 is 2.05 bits per heavy atom. The van der Waals surface area contributed by atoms with Crippen LogP contribution in [0.4, 0.5) is 0 Å². The number of ether oxygens (including phenoxy) is 4. The van der Waals surface area contributed by atoms with Crippen LogP contribution in [-0.2, 0) is 23.7 Å². The quantitative estimate of drug-likeness (QED) is 0.760. The summed E-state index contributed by atoms with van der Waals surface area (Å²) in [6, 6.07) is 8.61. The van der Waals surface area contributed by atoms with Gasteiger partial charge < -0.3 is 18.9 Å². The molecule has 0 saturated carbocycles. The first-order chi connectivity index (χ1) is 9.15. The fourth-order valence-electron chi connectivity index (χ4n) is 1.57. The van der Waals surface area contributed by atoms with Crippen LogP contribution in [0.25, 0.3) is 0 Å². The number of rotatable bonds is 4. The Bertz CT molecular complexity index is 444. The van der Waals surface area contributed by atoms with E-state index in [1.807, 2.05) is 6.07 Å². The lowest BCUT2D eigenvalue weighted by Crippen LogP contribution is -2.22. The van der Waals surface area contributed by atoms with Crippen LogP contribution in [0, 0.1) is 0 Å². The van der Waals surface area contributed by atoms with Crippen LogP contribution in [0.2, 0.25) is 0 Å². The van der Waals surface area contributed by atoms with Crippen LogP contribution >= 0.6 is 0 Å². The van der Waals surface area contributed by atoms with Crippen LogP contribution < -0.4 is 0 Å². The summed E-state index contributed by atoms with van der Waals surface area (Å²) in [6.07, 6.45) is -1.45.